The Morgan fingerprint density at radius 1 is 1.11 bits per heavy atom. The molecule has 2 aromatic carbocycles. The van der Waals surface area contributed by atoms with Gasteiger partial charge in [-0.3, -0.25) is 0 Å². The van der Waals surface area contributed by atoms with E-state index in [0.717, 1.165) is 35.9 Å². The molecule has 1 aliphatic rings. The molecule has 0 fully saturated rings. The molecule has 4 aromatic rings. The standard InChI is InChI=1S/C22H19FN4O/c23-18-8-6-15(10-19(18)28)17-11-27(22-20(17)21(24)25-12-26-22)16-7-5-13-3-1-2-4-14(13)9-16/h1-4,6,8,10-12,16,28H,5,7,9H2,(H2,24,25,26). The first kappa shape index (κ1) is 16.7. The van der Waals surface area contributed by atoms with Gasteiger partial charge in [-0.05, 0) is 48.1 Å². The molecule has 6 heteroatoms. The Morgan fingerprint density at radius 2 is 1.93 bits per heavy atom. The van der Waals surface area contributed by atoms with Gasteiger partial charge in [0, 0.05) is 17.8 Å². The van der Waals surface area contributed by atoms with Gasteiger partial charge >= 0.3 is 0 Å². The van der Waals surface area contributed by atoms with Gasteiger partial charge in [0.15, 0.2) is 11.6 Å². The van der Waals surface area contributed by atoms with Gasteiger partial charge in [0.1, 0.15) is 17.8 Å². The summed E-state index contributed by atoms with van der Waals surface area (Å²) < 4.78 is 15.7. The van der Waals surface area contributed by atoms with Crippen LogP contribution in [0.2, 0.25) is 0 Å². The van der Waals surface area contributed by atoms with Crippen molar-refractivity contribution in [2.75, 3.05) is 5.73 Å². The molecule has 3 N–H and O–H groups in total. The summed E-state index contributed by atoms with van der Waals surface area (Å²) in [4.78, 5) is 8.64. The topological polar surface area (TPSA) is 77.0 Å². The predicted octanol–water partition coefficient (Wildman–Crippen LogP) is 4.26. The zero-order valence-corrected chi connectivity index (χ0v) is 15.1. The van der Waals surface area contributed by atoms with Crippen LogP contribution in [0.1, 0.15) is 23.6 Å². The number of nitrogen functional groups attached to an aromatic ring is 1. The van der Waals surface area contributed by atoms with Gasteiger partial charge in [0.05, 0.1) is 5.39 Å². The molecule has 1 atom stereocenters. The van der Waals surface area contributed by atoms with E-state index >= 15 is 0 Å². The molecule has 1 unspecified atom stereocenters. The molecular formula is C22H19FN4O. The number of nitrogens with zero attached hydrogens (tertiary/aromatic N) is 3. The number of phenols is 1. The van der Waals surface area contributed by atoms with E-state index in [4.69, 9.17) is 5.73 Å². The number of aromatic hydroxyl groups is 1. The van der Waals surface area contributed by atoms with Crippen molar-refractivity contribution in [2.24, 2.45) is 0 Å². The number of hydrogen-bond donors (Lipinski definition) is 2. The summed E-state index contributed by atoms with van der Waals surface area (Å²) >= 11 is 0. The number of phenolic OH excluding ortho intramolecular Hbond substituents is 1. The third kappa shape index (κ3) is 2.60. The van der Waals surface area contributed by atoms with Crippen molar-refractivity contribution in [2.45, 2.75) is 25.3 Å². The fourth-order valence-corrected chi connectivity index (χ4v) is 4.20. The maximum Gasteiger partial charge on any atom is 0.164 e. The molecule has 0 amide bonds. The van der Waals surface area contributed by atoms with Gasteiger partial charge in [-0.1, -0.05) is 30.3 Å². The van der Waals surface area contributed by atoms with Crippen LogP contribution in [0.15, 0.2) is 55.0 Å². The monoisotopic (exact) mass is 374 g/mol. The van der Waals surface area contributed by atoms with Crippen molar-refractivity contribution in [1.29, 1.82) is 0 Å². The first-order valence-electron chi connectivity index (χ1n) is 9.28. The van der Waals surface area contributed by atoms with E-state index in [-0.39, 0.29) is 11.8 Å². The number of fused-ring (bicyclic) bond motifs is 2. The lowest BCUT2D eigenvalue weighted by atomic mass is 9.88. The maximum atomic E-state index is 13.5. The van der Waals surface area contributed by atoms with Gasteiger partial charge in [0.2, 0.25) is 0 Å². The third-order valence-electron chi connectivity index (χ3n) is 5.61. The Balaban J connectivity index is 1.67. The maximum absolute atomic E-state index is 13.5. The average molecular weight is 374 g/mol. The molecule has 1 aliphatic carbocycles. The van der Waals surface area contributed by atoms with E-state index in [9.17, 15) is 9.50 Å². The Labute approximate surface area is 161 Å². The minimum absolute atomic E-state index is 0.245. The molecule has 0 saturated heterocycles. The van der Waals surface area contributed by atoms with Crippen LogP contribution < -0.4 is 5.73 Å². The molecule has 0 bridgehead atoms. The van der Waals surface area contributed by atoms with E-state index in [1.807, 2.05) is 6.20 Å². The minimum Gasteiger partial charge on any atom is -0.505 e. The molecule has 28 heavy (non-hydrogen) atoms. The van der Waals surface area contributed by atoms with Gasteiger partial charge in [-0.2, -0.15) is 0 Å². The number of nitrogens with two attached hydrogens (primary N) is 1. The number of halogens is 1. The zero-order valence-electron chi connectivity index (χ0n) is 15.1. The van der Waals surface area contributed by atoms with Gasteiger partial charge < -0.3 is 15.4 Å². The molecule has 140 valence electrons. The summed E-state index contributed by atoms with van der Waals surface area (Å²) in [5, 5.41) is 10.6. The van der Waals surface area contributed by atoms with Crippen LogP contribution in [0.4, 0.5) is 10.2 Å². The van der Waals surface area contributed by atoms with Crippen molar-refractivity contribution >= 4 is 16.9 Å². The molecule has 5 nitrogen and oxygen atoms in total. The first-order chi connectivity index (χ1) is 13.6. The fourth-order valence-electron chi connectivity index (χ4n) is 4.20. The van der Waals surface area contributed by atoms with E-state index < -0.39 is 5.82 Å². The van der Waals surface area contributed by atoms with Crippen LogP contribution in [0.5, 0.6) is 5.75 Å². The zero-order chi connectivity index (χ0) is 19.3. The number of anilines is 1. The van der Waals surface area contributed by atoms with Crippen molar-refractivity contribution in [3.8, 4) is 16.9 Å². The Bertz CT molecular complexity index is 1200. The molecule has 2 aromatic heterocycles. The molecule has 5 rings (SSSR count). The second-order valence-electron chi connectivity index (χ2n) is 7.24. The summed E-state index contributed by atoms with van der Waals surface area (Å²) in [5.74, 6) is -0.667. The lowest BCUT2D eigenvalue weighted by molar-refractivity contribution is 0.432. The van der Waals surface area contributed by atoms with Crippen molar-refractivity contribution in [3.05, 3.63) is 71.9 Å². The highest BCUT2D eigenvalue weighted by molar-refractivity contribution is 6.00. The van der Waals surface area contributed by atoms with E-state index in [0.29, 0.717) is 11.4 Å². The number of rotatable bonds is 2. The second kappa shape index (κ2) is 6.34. The SMILES string of the molecule is Nc1ncnc2c1c(-c1ccc(F)c(O)c1)cn2C1CCc2ccccc2C1. The summed E-state index contributed by atoms with van der Waals surface area (Å²) in [5.41, 5.74) is 11.2. The van der Waals surface area contributed by atoms with Crippen LogP contribution in [0, 0.1) is 5.82 Å². The van der Waals surface area contributed by atoms with Crippen molar-refractivity contribution < 1.29 is 9.50 Å². The number of benzene rings is 2. The number of aromatic nitrogens is 3. The van der Waals surface area contributed by atoms with Crippen LogP contribution in [0.25, 0.3) is 22.2 Å². The largest absolute Gasteiger partial charge is 0.505 e. The summed E-state index contributed by atoms with van der Waals surface area (Å²) in [6.07, 6.45) is 6.39. The smallest absolute Gasteiger partial charge is 0.164 e. The number of hydrogen-bond acceptors (Lipinski definition) is 4. The van der Waals surface area contributed by atoms with Crippen LogP contribution in [-0.4, -0.2) is 19.6 Å². The normalized spacial score (nSPS) is 16.2. The van der Waals surface area contributed by atoms with Gasteiger partial charge in [-0.25, -0.2) is 14.4 Å². The van der Waals surface area contributed by atoms with Crippen LogP contribution >= 0.6 is 0 Å². The van der Waals surface area contributed by atoms with E-state index in [1.54, 1.807) is 6.07 Å². The molecule has 0 aliphatic heterocycles. The molecule has 0 spiro atoms. The Hall–Kier alpha value is -3.41. The lowest BCUT2D eigenvalue weighted by Gasteiger charge is -2.26. The number of aryl methyl sites for hydroxylation is 1. The third-order valence-corrected chi connectivity index (χ3v) is 5.61. The first-order valence-corrected chi connectivity index (χ1v) is 9.28. The molecular weight excluding hydrogens is 355 g/mol. The molecule has 0 radical (unpaired) electrons. The summed E-state index contributed by atoms with van der Waals surface area (Å²) in [6, 6.07) is 13.1. The highest BCUT2D eigenvalue weighted by Gasteiger charge is 2.24. The summed E-state index contributed by atoms with van der Waals surface area (Å²) in [6.45, 7) is 0. The lowest BCUT2D eigenvalue weighted by Crippen LogP contribution is -2.18. The fraction of sp³-hybridized carbons (Fsp3) is 0.182. The second-order valence-corrected chi connectivity index (χ2v) is 7.24. The van der Waals surface area contributed by atoms with Crippen LogP contribution in [-0.2, 0) is 12.8 Å². The molecule has 2 heterocycles. The van der Waals surface area contributed by atoms with Crippen molar-refractivity contribution in [3.63, 3.8) is 0 Å². The van der Waals surface area contributed by atoms with Gasteiger partial charge in [0.25, 0.3) is 0 Å². The quantitative estimate of drug-likeness (QED) is 0.550. The highest BCUT2D eigenvalue weighted by atomic mass is 19.1. The highest BCUT2D eigenvalue weighted by Crippen LogP contribution is 2.38. The molecule has 0 saturated carbocycles. The van der Waals surface area contributed by atoms with Gasteiger partial charge in [-0.15, -0.1) is 0 Å². The van der Waals surface area contributed by atoms with Crippen LogP contribution in [0.3, 0.4) is 0 Å². The Kier molecular flexibility index (Phi) is 3.79. The van der Waals surface area contributed by atoms with Crippen molar-refractivity contribution in [1.82, 2.24) is 14.5 Å². The van der Waals surface area contributed by atoms with E-state index in [1.165, 1.54) is 29.6 Å². The minimum atomic E-state index is -0.652. The Morgan fingerprint density at radius 3 is 2.75 bits per heavy atom. The average Bonchev–Trinajstić information content (AvgIpc) is 3.11. The van der Waals surface area contributed by atoms with E-state index in [2.05, 4.69) is 38.8 Å². The predicted molar refractivity (Wildman–Crippen MR) is 107 cm³/mol. The summed E-state index contributed by atoms with van der Waals surface area (Å²) in [7, 11) is 0.